The van der Waals surface area contributed by atoms with Crippen molar-refractivity contribution in [3.05, 3.63) is 59.7 Å². The number of nitrogen functional groups attached to an aromatic ring is 2. The molecular weight excluding hydrogens is 526 g/mol. The fraction of sp³-hybridized carbons (Fsp3) is 0. The molecule has 0 spiro atoms. The molecule has 2 aromatic rings. The van der Waals surface area contributed by atoms with Gasteiger partial charge in [0.05, 0.1) is 11.9 Å². The van der Waals surface area contributed by atoms with Crippen LogP contribution < -0.4 is 21.7 Å². The van der Waals surface area contributed by atoms with Gasteiger partial charge in [-0.2, -0.15) is 0 Å². The number of benzene rings is 2. The molecular formula is C14H12Cl2N2O4Pt. The van der Waals surface area contributed by atoms with Gasteiger partial charge in [0.1, 0.15) is 0 Å². The van der Waals surface area contributed by atoms with Gasteiger partial charge in [-0.3, -0.25) is 0 Å². The summed E-state index contributed by atoms with van der Waals surface area (Å²) >= 11 is -0.472. The summed E-state index contributed by atoms with van der Waals surface area (Å²) < 4.78 is 0. The summed E-state index contributed by atoms with van der Waals surface area (Å²) in [7, 11) is 9.75. The van der Waals surface area contributed by atoms with E-state index in [0.29, 0.717) is 11.4 Å². The minimum absolute atomic E-state index is 0.147. The molecule has 9 heteroatoms. The second-order valence-corrected chi connectivity index (χ2v) is 7.15. The predicted octanol–water partition coefficient (Wildman–Crippen LogP) is 0.641. The predicted molar refractivity (Wildman–Crippen MR) is 82.1 cm³/mol. The Labute approximate surface area is 149 Å². The van der Waals surface area contributed by atoms with Crippen LogP contribution in [-0.4, -0.2) is 11.9 Å². The van der Waals surface area contributed by atoms with Crippen LogP contribution in [0.25, 0.3) is 0 Å². The van der Waals surface area contributed by atoms with Gasteiger partial charge in [0.25, 0.3) is 0 Å². The molecule has 0 fully saturated rings. The number of hydrogen-bond donors (Lipinski definition) is 2. The van der Waals surface area contributed by atoms with Crippen molar-refractivity contribution in [3.63, 3.8) is 0 Å². The second-order valence-electron chi connectivity index (χ2n) is 3.86. The third-order valence-corrected chi connectivity index (χ3v) is 2.29. The van der Waals surface area contributed by atoms with E-state index in [4.69, 9.17) is 30.3 Å². The molecule has 0 aliphatic heterocycles. The van der Waals surface area contributed by atoms with E-state index in [1.54, 1.807) is 0 Å². The van der Waals surface area contributed by atoms with Crippen molar-refractivity contribution in [1.82, 2.24) is 0 Å². The van der Waals surface area contributed by atoms with Gasteiger partial charge in [-0.05, 0) is 35.4 Å². The Balaban J connectivity index is 0.000000360. The van der Waals surface area contributed by atoms with Gasteiger partial charge in [-0.1, -0.05) is 24.3 Å². The molecule has 0 amide bonds. The molecule has 0 aliphatic carbocycles. The average Bonchev–Trinajstić information content (AvgIpc) is 2.49. The molecule has 0 unspecified atom stereocenters. The number of carboxylic acids is 2. The molecule has 0 aromatic heterocycles. The molecule has 2 aromatic carbocycles. The van der Waals surface area contributed by atoms with Gasteiger partial charge in [-0.15, -0.1) is 0 Å². The number of nitrogens with two attached hydrogens (primary N) is 2. The molecule has 0 bridgehead atoms. The molecule has 4 N–H and O–H groups in total. The minimum atomic E-state index is -1.18. The number of anilines is 2. The Morgan fingerprint density at radius 1 is 0.739 bits per heavy atom. The monoisotopic (exact) mass is 537 g/mol. The maximum atomic E-state index is 10.2. The van der Waals surface area contributed by atoms with Crippen molar-refractivity contribution in [2.24, 2.45) is 0 Å². The molecule has 23 heavy (non-hydrogen) atoms. The Kier molecular flexibility index (Phi) is 10.9. The number of halogens is 2. The molecule has 2 rings (SSSR count). The quantitative estimate of drug-likeness (QED) is 0.540. The molecule has 126 valence electrons. The van der Waals surface area contributed by atoms with Crippen LogP contribution in [0.5, 0.6) is 0 Å². The van der Waals surface area contributed by atoms with Crippen LogP contribution >= 0.6 is 18.8 Å². The Hall–Kier alpha value is -1.75. The zero-order valence-electron chi connectivity index (χ0n) is 11.5. The molecule has 0 saturated heterocycles. The van der Waals surface area contributed by atoms with Crippen molar-refractivity contribution in [3.8, 4) is 0 Å². The summed E-state index contributed by atoms with van der Waals surface area (Å²) in [4.78, 5) is 20.3. The summed E-state index contributed by atoms with van der Waals surface area (Å²) in [6.07, 6.45) is 0. The Morgan fingerprint density at radius 2 is 0.957 bits per heavy atom. The molecule has 0 saturated carbocycles. The van der Waals surface area contributed by atoms with E-state index in [1.807, 2.05) is 0 Å². The first-order valence-corrected chi connectivity index (χ1v) is 11.4. The van der Waals surface area contributed by atoms with Crippen molar-refractivity contribution >= 4 is 42.1 Å². The van der Waals surface area contributed by atoms with Crippen LogP contribution in [0, 0.1) is 0 Å². The van der Waals surface area contributed by atoms with Gasteiger partial charge in [0, 0.05) is 11.4 Å². The van der Waals surface area contributed by atoms with Crippen LogP contribution in [0.1, 0.15) is 20.7 Å². The summed E-state index contributed by atoms with van der Waals surface area (Å²) in [5.41, 5.74) is 12.0. The number of aromatic carboxylic acids is 2. The van der Waals surface area contributed by atoms with Crippen LogP contribution in [0.2, 0.25) is 0 Å². The van der Waals surface area contributed by atoms with Crippen LogP contribution in [-0.2, 0) is 16.5 Å². The van der Waals surface area contributed by atoms with Crippen LogP contribution in [0.4, 0.5) is 11.4 Å². The zero-order chi connectivity index (χ0) is 17.8. The zero-order valence-corrected chi connectivity index (χ0v) is 15.3. The number of hydrogen-bond acceptors (Lipinski definition) is 6. The van der Waals surface area contributed by atoms with E-state index >= 15 is 0 Å². The van der Waals surface area contributed by atoms with Gasteiger partial charge in [-0.25, -0.2) is 0 Å². The summed E-state index contributed by atoms with van der Waals surface area (Å²) in [6, 6.07) is 11.7. The third kappa shape index (κ3) is 9.79. The van der Waals surface area contributed by atoms with E-state index in [0.717, 1.165) is 0 Å². The SMILES string of the molecule is Nc1ccc(C(=O)[O-])cc1.Nc1ccc(C(=O)[O-])cc1.[Cl][Pt+2][Cl]. The van der Waals surface area contributed by atoms with Gasteiger partial charge < -0.3 is 31.3 Å². The Morgan fingerprint density at radius 3 is 1.13 bits per heavy atom. The van der Waals surface area contributed by atoms with Crippen LogP contribution in [0.15, 0.2) is 48.5 Å². The molecule has 0 radical (unpaired) electrons. The second kappa shape index (κ2) is 11.8. The first-order valence-electron chi connectivity index (χ1n) is 5.78. The topological polar surface area (TPSA) is 132 Å². The van der Waals surface area contributed by atoms with Gasteiger partial charge >= 0.3 is 35.3 Å². The fourth-order valence-electron chi connectivity index (χ4n) is 1.24. The molecule has 0 atom stereocenters. The first-order chi connectivity index (χ1) is 10.8. The van der Waals surface area contributed by atoms with Crippen molar-refractivity contribution < 1.29 is 36.3 Å². The van der Waals surface area contributed by atoms with E-state index in [2.05, 4.69) is 0 Å². The molecule has 6 nitrogen and oxygen atoms in total. The summed E-state index contributed by atoms with van der Waals surface area (Å²) in [5.74, 6) is -2.36. The number of carbonyl (C=O) groups is 2. The van der Waals surface area contributed by atoms with E-state index in [9.17, 15) is 19.8 Å². The molecule has 0 heterocycles. The summed E-state index contributed by atoms with van der Waals surface area (Å²) in [5, 5.41) is 20.3. The number of carbonyl (C=O) groups excluding carboxylic acids is 2. The van der Waals surface area contributed by atoms with Crippen molar-refractivity contribution in [1.29, 1.82) is 0 Å². The Bertz CT molecular complexity index is 566. The average molecular weight is 538 g/mol. The first kappa shape index (κ1) is 21.2. The van der Waals surface area contributed by atoms with E-state index in [1.165, 1.54) is 48.5 Å². The summed E-state index contributed by atoms with van der Waals surface area (Å²) in [6.45, 7) is 0. The molecule has 0 aliphatic rings. The number of carboxylic acid groups (broad SMARTS) is 2. The van der Waals surface area contributed by atoms with E-state index < -0.39 is 28.4 Å². The third-order valence-electron chi connectivity index (χ3n) is 2.29. The van der Waals surface area contributed by atoms with Gasteiger partial charge in [0.2, 0.25) is 0 Å². The fourth-order valence-corrected chi connectivity index (χ4v) is 1.24. The maximum absolute atomic E-state index is 10.2. The standard InChI is InChI=1S/2C7H7NO2.2ClH.Pt/c2*8-6-3-1-5(2-4-6)7(9)10;;;/h2*1-4H,8H2,(H,9,10);2*1H;/q;;;;+4/p-4. The normalized spacial score (nSPS) is 8.96. The van der Waals surface area contributed by atoms with E-state index in [-0.39, 0.29) is 11.1 Å². The van der Waals surface area contributed by atoms with Crippen molar-refractivity contribution in [2.45, 2.75) is 0 Å². The van der Waals surface area contributed by atoms with Crippen LogP contribution in [0.3, 0.4) is 0 Å². The van der Waals surface area contributed by atoms with Gasteiger partial charge in [0.15, 0.2) is 0 Å². The number of rotatable bonds is 2. The van der Waals surface area contributed by atoms with Crippen molar-refractivity contribution in [2.75, 3.05) is 11.5 Å².